The minimum Gasteiger partial charge on any atom is -0.352 e. The van der Waals surface area contributed by atoms with Gasteiger partial charge in [-0.15, -0.1) is 0 Å². The zero-order chi connectivity index (χ0) is 15.4. The predicted molar refractivity (Wildman–Crippen MR) is 86.6 cm³/mol. The van der Waals surface area contributed by atoms with E-state index < -0.39 is 0 Å². The maximum absolute atomic E-state index is 12.7. The van der Waals surface area contributed by atoms with Crippen LogP contribution in [0.4, 0.5) is 5.69 Å². The summed E-state index contributed by atoms with van der Waals surface area (Å²) in [6.45, 7) is 0. The van der Waals surface area contributed by atoms with Gasteiger partial charge in [-0.05, 0) is 31.4 Å². The standard InChI is InChI=1S/C18H24N2O2/c21-17-13-12-16(20(17)15-10-6-3-7-11-15)18(22)19-14-8-4-1-2-5-9-14/h3,6-7,10-11,14,16H,1-2,4-5,8-9,12-13H2,(H,19,22). The number of nitrogens with one attached hydrogen (secondary N) is 1. The first-order valence-corrected chi connectivity index (χ1v) is 8.43. The highest BCUT2D eigenvalue weighted by atomic mass is 16.2. The van der Waals surface area contributed by atoms with Crippen molar-refractivity contribution in [2.75, 3.05) is 4.90 Å². The van der Waals surface area contributed by atoms with Crippen LogP contribution in [-0.4, -0.2) is 23.9 Å². The van der Waals surface area contributed by atoms with Gasteiger partial charge in [0.05, 0.1) is 0 Å². The molecule has 0 spiro atoms. The summed E-state index contributed by atoms with van der Waals surface area (Å²) < 4.78 is 0. The largest absolute Gasteiger partial charge is 0.352 e. The molecule has 1 saturated heterocycles. The van der Waals surface area contributed by atoms with E-state index in [2.05, 4.69) is 5.32 Å². The summed E-state index contributed by atoms with van der Waals surface area (Å²) in [7, 11) is 0. The van der Waals surface area contributed by atoms with Crippen LogP contribution in [0.3, 0.4) is 0 Å². The van der Waals surface area contributed by atoms with E-state index in [4.69, 9.17) is 0 Å². The quantitative estimate of drug-likeness (QED) is 0.872. The van der Waals surface area contributed by atoms with Crippen LogP contribution in [0.25, 0.3) is 0 Å². The Bertz CT molecular complexity index is 521. The first kappa shape index (κ1) is 15.1. The zero-order valence-corrected chi connectivity index (χ0v) is 13.0. The monoisotopic (exact) mass is 300 g/mol. The smallest absolute Gasteiger partial charge is 0.243 e. The molecule has 0 aromatic heterocycles. The first-order chi connectivity index (χ1) is 10.8. The molecule has 1 aliphatic carbocycles. The van der Waals surface area contributed by atoms with Crippen molar-refractivity contribution in [1.82, 2.24) is 5.32 Å². The molecule has 2 amide bonds. The molecular weight excluding hydrogens is 276 g/mol. The van der Waals surface area contributed by atoms with E-state index in [9.17, 15) is 9.59 Å². The van der Waals surface area contributed by atoms with Gasteiger partial charge in [-0.25, -0.2) is 0 Å². The van der Waals surface area contributed by atoms with Crippen molar-refractivity contribution in [2.45, 2.75) is 63.5 Å². The Morgan fingerprint density at radius 1 is 1.00 bits per heavy atom. The van der Waals surface area contributed by atoms with Gasteiger partial charge in [-0.3, -0.25) is 14.5 Å². The highest BCUT2D eigenvalue weighted by molar-refractivity contribution is 6.03. The molecule has 0 bridgehead atoms. The predicted octanol–water partition coefficient (Wildman–Crippen LogP) is 3.02. The van der Waals surface area contributed by atoms with Gasteiger partial charge in [-0.1, -0.05) is 43.9 Å². The average Bonchev–Trinajstić information content (AvgIpc) is 2.75. The summed E-state index contributed by atoms with van der Waals surface area (Å²) in [5.41, 5.74) is 0.825. The van der Waals surface area contributed by atoms with Crippen molar-refractivity contribution in [3.8, 4) is 0 Å². The van der Waals surface area contributed by atoms with E-state index in [0.717, 1.165) is 18.5 Å². The average molecular weight is 300 g/mol. The van der Waals surface area contributed by atoms with E-state index in [1.165, 1.54) is 25.7 Å². The SMILES string of the molecule is O=C(NC1CCCCCC1)C1CCC(=O)N1c1ccccc1. The molecule has 2 aliphatic rings. The minimum absolute atomic E-state index is 0.0154. The second-order valence-electron chi connectivity index (χ2n) is 6.35. The fourth-order valence-corrected chi connectivity index (χ4v) is 3.57. The van der Waals surface area contributed by atoms with Gasteiger partial charge < -0.3 is 5.32 Å². The molecule has 1 atom stereocenters. The highest BCUT2D eigenvalue weighted by Crippen LogP contribution is 2.27. The third kappa shape index (κ3) is 3.32. The third-order valence-corrected chi connectivity index (χ3v) is 4.75. The molecule has 1 unspecified atom stereocenters. The van der Waals surface area contributed by atoms with Crippen LogP contribution in [0.5, 0.6) is 0 Å². The zero-order valence-electron chi connectivity index (χ0n) is 13.0. The van der Waals surface area contributed by atoms with Gasteiger partial charge >= 0.3 is 0 Å². The fraction of sp³-hybridized carbons (Fsp3) is 0.556. The summed E-state index contributed by atoms with van der Waals surface area (Å²) in [4.78, 5) is 26.5. The summed E-state index contributed by atoms with van der Waals surface area (Å²) in [5.74, 6) is 0.0637. The fourth-order valence-electron chi connectivity index (χ4n) is 3.57. The molecule has 4 nitrogen and oxygen atoms in total. The molecule has 1 N–H and O–H groups in total. The van der Waals surface area contributed by atoms with E-state index in [1.807, 2.05) is 30.3 Å². The van der Waals surface area contributed by atoms with Crippen molar-refractivity contribution in [1.29, 1.82) is 0 Å². The Labute approximate surface area is 131 Å². The summed E-state index contributed by atoms with van der Waals surface area (Å²) in [5, 5.41) is 3.19. The molecule has 1 aliphatic heterocycles. The van der Waals surface area contributed by atoms with Crippen LogP contribution >= 0.6 is 0 Å². The van der Waals surface area contributed by atoms with Crippen LogP contribution in [-0.2, 0) is 9.59 Å². The lowest BCUT2D eigenvalue weighted by Crippen LogP contribution is -2.48. The summed E-state index contributed by atoms with van der Waals surface area (Å²) in [6, 6.07) is 9.46. The van der Waals surface area contributed by atoms with Gasteiger partial charge in [0.25, 0.3) is 0 Å². The van der Waals surface area contributed by atoms with Crippen LogP contribution in [0.1, 0.15) is 51.4 Å². The number of nitrogens with zero attached hydrogens (tertiary/aromatic N) is 1. The molecule has 4 heteroatoms. The second-order valence-corrected chi connectivity index (χ2v) is 6.35. The van der Waals surface area contributed by atoms with Crippen LogP contribution in [0.15, 0.2) is 30.3 Å². The van der Waals surface area contributed by atoms with Crippen LogP contribution < -0.4 is 10.2 Å². The molecule has 22 heavy (non-hydrogen) atoms. The number of rotatable bonds is 3. The Morgan fingerprint density at radius 2 is 1.68 bits per heavy atom. The van der Waals surface area contributed by atoms with Gasteiger partial charge in [0, 0.05) is 18.2 Å². The lowest BCUT2D eigenvalue weighted by atomic mass is 10.1. The maximum atomic E-state index is 12.7. The number of para-hydroxylation sites is 1. The molecule has 118 valence electrons. The van der Waals surface area contributed by atoms with E-state index in [1.54, 1.807) is 4.90 Å². The highest BCUT2D eigenvalue weighted by Gasteiger charge is 2.37. The maximum Gasteiger partial charge on any atom is 0.243 e. The Hall–Kier alpha value is -1.84. The molecule has 1 aromatic rings. The van der Waals surface area contributed by atoms with Gasteiger partial charge in [0.15, 0.2) is 0 Å². The topological polar surface area (TPSA) is 49.4 Å². The van der Waals surface area contributed by atoms with Gasteiger partial charge in [-0.2, -0.15) is 0 Å². The lowest BCUT2D eigenvalue weighted by Gasteiger charge is -2.26. The number of anilines is 1. The van der Waals surface area contributed by atoms with E-state index >= 15 is 0 Å². The third-order valence-electron chi connectivity index (χ3n) is 4.75. The Morgan fingerprint density at radius 3 is 2.36 bits per heavy atom. The van der Waals surface area contributed by atoms with E-state index in [0.29, 0.717) is 12.8 Å². The molecule has 0 radical (unpaired) electrons. The lowest BCUT2D eigenvalue weighted by molar-refractivity contribution is -0.124. The van der Waals surface area contributed by atoms with Gasteiger partial charge in [0.2, 0.25) is 11.8 Å². The summed E-state index contributed by atoms with van der Waals surface area (Å²) in [6.07, 6.45) is 8.13. The number of hydrogen-bond acceptors (Lipinski definition) is 2. The number of carbonyl (C=O) groups excluding carboxylic acids is 2. The van der Waals surface area contributed by atoms with Crippen molar-refractivity contribution < 1.29 is 9.59 Å². The van der Waals surface area contributed by atoms with Crippen LogP contribution in [0.2, 0.25) is 0 Å². The molecule has 1 heterocycles. The molecule has 1 aromatic carbocycles. The number of amides is 2. The normalized spacial score (nSPS) is 23.4. The first-order valence-electron chi connectivity index (χ1n) is 8.43. The Kier molecular flexibility index (Phi) is 4.76. The number of carbonyl (C=O) groups is 2. The minimum atomic E-state index is -0.349. The van der Waals surface area contributed by atoms with E-state index in [-0.39, 0.29) is 23.9 Å². The second kappa shape index (κ2) is 6.95. The van der Waals surface area contributed by atoms with Crippen molar-refractivity contribution in [3.05, 3.63) is 30.3 Å². The van der Waals surface area contributed by atoms with Crippen molar-refractivity contribution in [2.24, 2.45) is 0 Å². The molecular formula is C18H24N2O2. The van der Waals surface area contributed by atoms with Gasteiger partial charge in [0.1, 0.15) is 6.04 Å². The summed E-state index contributed by atoms with van der Waals surface area (Å²) >= 11 is 0. The van der Waals surface area contributed by atoms with Crippen molar-refractivity contribution in [3.63, 3.8) is 0 Å². The number of benzene rings is 1. The van der Waals surface area contributed by atoms with Crippen molar-refractivity contribution >= 4 is 17.5 Å². The molecule has 1 saturated carbocycles. The molecule has 3 rings (SSSR count). The molecule has 2 fully saturated rings. The number of hydrogen-bond donors (Lipinski definition) is 1. The Balaban J connectivity index is 1.69. The van der Waals surface area contributed by atoms with Crippen LogP contribution in [0, 0.1) is 0 Å².